The number of carbonyl (C=O) groups is 1. The van der Waals surface area contributed by atoms with Crippen LogP contribution in [0.3, 0.4) is 0 Å². The maximum atomic E-state index is 12.8. The topological polar surface area (TPSA) is 77.3 Å². The van der Waals surface area contributed by atoms with E-state index in [0.29, 0.717) is 12.5 Å². The fourth-order valence-corrected chi connectivity index (χ4v) is 4.46. The first-order chi connectivity index (χ1) is 14.0. The minimum Gasteiger partial charge on any atom is -0.464 e. The Balaban J connectivity index is 1.15. The minimum absolute atomic E-state index is 0.0522. The van der Waals surface area contributed by atoms with Gasteiger partial charge in [0.15, 0.2) is 0 Å². The van der Waals surface area contributed by atoms with E-state index >= 15 is 0 Å². The smallest absolute Gasteiger partial charge is 0.416 e. The monoisotopic (exact) mass is 428 g/mol. The number of carbonyl (C=O) groups excluding carboxylic acids is 1. The second kappa shape index (κ2) is 7.78. The van der Waals surface area contributed by atoms with Crippen LogP contribution in [0.4, 0.5) is 13.2 Å². The van der Waals surface area contributed by atoms with Crippen molar-refractivity contribution >= 4 is 5.97 Å². The zero-order valence-corrected chi connectivity index (χ0v) is 17.1. The van der Waals surface area contributed by atoms with E-state index in [1.54, 1.807) is 0 Å². The van der Waals surface area contributed by atoms with Crippen LogP contribution in [0, 0.1) is 12.8 Å². The third kappa shape index (κ3) is 4.64. The van der Waals surface area contributed by atoms with Crippen molar-refractivity contribution in [3.05, 3.63) is 34.9 Å². The minimum atomic E-state index is -4.33. The number of nitrogens with zero attached hydrogens (tertiary/aromatic N) is 1. The molecule has 1 aromatic rings. The number of hydrogen-bond acceptors (Lipinski definition) is 6. The van der Waals surface area contributed by atoms with Gasteiger partial charge in [-0.1, -0.05) is 12.1 Å². The van der Waals surface area contributed by atoms with E-state index in [1.165, 1.54) is 26.0 Å². The van der Waals surface area contributed by atoms with Crippen molar-refractivity contribution in [1.29, 1.82) is 0 Å². The molecule has 2 heterocycles. The van der Waals surface area contributed by atoms with E-state index in [1.807, 2.05) is 0 Å². The molecule has 2 N–H and O–H groups in total. The van der Waals surface area contributed by atoms with E-state index in [4.69, 9.17) is 19.9 Å². The van der Waals surface area contributed by atoms with Crippen LogP contribution in [0.5, 0.6) is 0 Å². The summed E-state index contributed by atoms with van der Waals surface area (Å²) in [6.07, 6.45) is -2.47. The first kappa shape index (κ1) is 21.5. The molecule has 2 aliphatic heterocycles. The molecule has 0 amide bonds. The number of aryl methyl sites for hydroxylation is 1. The summed E-state index contributed by atoms with van der Waals surface area (Å²) < 4.78 is 55.2. The van der Waals surface area contributed by atoms with E-state index in [-0.39, 0.29) is 36.6 Å². The molecular formula is C21H27F3N2O4. The highest BCUT2D eigenvalue weighted by molar-refractivity contribution is 5.66. The summed E-state index contributed by atoms with van der Waals surface area (Å²) >= 11 is 0. The average Bonchev–Trinajstić information content (AvgIpc) is 3.35. The Kier molecular flexibility index (Phi) is 5.59. The number of nitrogens with two attached hydrogens (primary N) is 1. The molecule has 30 heavy (non-hydrogen) atoms. The van der Waals surface area contributed by atoms with Gasteiger partial charge in [0, 0.05) is 20.0 Å². The Morgan fingerprint density at radius 2 is 2.03 bits per heavy atom. The zero-order valence-electron chi connectivity index (χ0n) is 17.1. The number of rotatable bonds is 7. The first-order valence-electron chi connectivity index (χ1n) is 10.1. The summed E-state index contributed by atoms with van der Waals surface area (Å²) in [5, 5.41) is 0. The lowest BCUT2D eigenvalue weighted by Crippen LogP contribution is -2.58. The fourth-order valence-electron chi connectivity index (χ4n) is 4.46. The molecule has 4 rings (SSSR count). The quantitative estimate of drug-likeness (QED) is 0.532. The molecule has 0 spiro atoms. The van der Waals surface area contributed by atoms with Gasteiger partial charge in [-0.05, 0) is 42.9 Å². The number of likely N-dealkylation sites (tertiary alicyclic amines) is 1. The lowest BCUT2D eigenvalue weighted by molar-refractivity contribution is -0.144. The Bertz CT molecular complexity index is 804. The lowest BCUT2D eigenvalue weighted by Gasteiger charge is -2.44. The summed E-state index contributed by atoms with van der Waals surface area (Å²) in [6, 6.07) is 4.11. The van der Waals surface area contributed by atoms with Crippen molar-refractivity contribution in [2.75, 3.05) is 19.7 Å². The molecule has 0 bridgehead atoms. The Labute approximate surface area is 173 Å². The average molecular weight is 428 g/mol. The normalized spacial score (nSPS) is 31.7. The van der Waals surface area contributed by atoms with Crippen molar-refractivity contribution in [2.24, 2.45) is 11.7 Å². The molecule has 2 unspecified atom stereocenters. The van der Waals surface area contributed by atoms with Crippen molar-refractivity contribution in [1.82, 2.24) is 4.90 Å². The van der Waals surface area contributed by atoms with Crippen LogP contribution in [-0.2, 0) is 31.8 Å². The number of ether oxygens (including phenoxy) is 3. The summed E-state index contributed by atoms with van der Waals surface area (Å²) in [7, 11) is 0. The Morgan fingerprint density at radius 1 is 1.33 bits per heavy atom. The van der Waals surface area contributed by atoms with Crippen LogP contribution < -0.4 is 5.73 Å². The van der Waals surface area contributed by atoms with Crippen molar-refractivity contribution < 1.29 is 32.2 Å². The molecule has 2 atom stereocenters. The highest BCUT2D eigenvalue weighted by Gasteiger charge is 2.58. The predicted molar refractivity (Wildman–Crippen MR) is 101 cm³/mol. The summed E-state index contributed by atoms with van der Waals surface area (Å²) in [5.74, 6) is 0.0625. The molecule has 1 aromatic carbocycles. The number of halogens is 3. The summed E-state index contributed by atoms with van der Waals surface area (Å²) in [5.41, 5.74) is 6.11. The lowest BCUT2D eigenvalue weighted by atomic mass is 9.67. The number of hydrogen-bond donors (Lipinski definition) is 1. The molecular weight excluding hydrogens is 401 g/mol. The SMILES string of the molecule is CC(=O)OCC1(N)CC(C2OC2N2CC(OCc3ccc(C(F)(F)F)c(C)c3)C2)C1. The highest BCUT2D eigenvalue weighted by Crippen LogP contribution is 2.47. The van der Waals surface area contributed by atoms with E-state index in [0.717, 1.165) is 37.6 Å². The summed E-state index contributed by atoms with van der Waals surface area (Å²) in [6.45, 7) is 4.87. The van der Waals surface area contributed by atoms with Crippen LogP contribution >= 0.6 is 0 Å². The largest absolute Gasteiger partial charge is 0.464 e. The molecule has 2 saturated heterocycles. The molecule has 0 radical (unpaired) electrons. The molecule has 166 valence electrons. The molecule has 3 fully saturated rings. The standard InChI is InChI=1S/C21H27F3N2O4/c1-12-5-14(3-4-17(12)21(22,23)24)10-28-16-8-26(9-16)19-18(30-19)15-6-20(25,7-15)11-29-13(2)27/h3-5,15-16,18-19H,6-11,25H2,1-2H3. The van der Waals surface area contributed by atoms with Gasteiger partial charge in [-0.3, -0.25) is 9.69 Å². The molecule has 6 nitrogen and oxygen atoms in total. The van der Waals surface area contributed by atoms with Crippen LogP contribution in [0.1, 0.15) is 36.5 Å². The zero-order chi connectivity index (χ0) is 21.7. The predicted octanol–water partition coefficient (Wildman–Crippen LogP) is 2.61. The molecule has 1 saturated carbocycles. The van der Waals surface area contributed by atoms with E-state index < -0.39 is 17.3 Å². The second-order valence-electron chi connectivity index (χ2n) is 8.84. The van der Waals surface area contributed by atoms with Crippen molar-refractivity contribution in [3.8, 4) is 0 Å². The molecule has 3 aliphatic rings. The molecule has 9 heteroatoms. The van der Waals surface area contributed by atoms with Gasteiger partial charge in [0.2, 0.25) is 0 Å². The van der Waals surface area contributed by atoms with Gasteiger partial charge in [0.1, 0.15) is 18.9 Å². The van der Waals surface area contributed by atoms with Crippen LogP contribution in [0.25, 0.3) is 0 Å². The van der Waals surface area contributed by atoms with Crippen LogP contribution in [0.15, 0.2) is 18.2 Å². The number of alkyl halides is 3. The van der Waals surface area contributed by atoms with Gasteiger partial charge in [0.25, 0.3) is 0 Å². The van der Waals surface area contributed by atoms with Gasteiger partial charge in [-0.15, -0.1) is 0 Å². The van der Waals surface area contributed by atoms with E-state index in [2.05, 4.69) is 4.90 Å². The van der Waals surface area contributed by atoms with Crippen molar-refractivity contribution in [3.63, 3.8) is 0 Å². The van der Waals surface area contributed by atoms with Gasteiger partial charge >= 0.3 is 12.1 Å². The Morgan fingerprint density at radius 3 is 2.63 bits per heavy atom. The number of esters is 1. The van der Waals surface area contributed by atoms with Crippen LogP contribution in [0.2, 0.25) is 0 Å². The maximum Gasteiger partial charge on any atom is 0.416 e. The Hall–Kier alpha value is -1.68. The van der Waals surface area contributed by atoms with Crippen LogP contribution in [-0.4, -0.2) is 54.5 Å². The fraction of sp³-hybridized carbons (Fsp3) is 0.667. The number of benzene rings is 1. The number of epoxide rings is 1. The molecule has 0 aromatic heterocycles. The third-order valence-electron chi connectivity index (χ3n) is 6.18. The van der Waals surface area contributed by atoms with Gasteiger partial charge in [-0.25, -0.2) is 0 Å². The molecule has 1 aliphatic carbocycles. The van der Waals surface area contributed by atoms with Crippen molar-refractivity contribution in [2.45, 2.75) is 63.4 Å². The highest BCUT2D eigenvalue weighted by atomic mass is 19.4. The van der Waals surface area contributed by atoms with E-state index in [9.17, 15) is 18.0 Å². The third-order valence-corrected chi connectivity index (χ3v) is 6.18. The van der Waals surface area contributed by atoms with Gasteiger partial charge in [0.05, 0.1) is 23.8 Å². The van der Waals surface area contributed by atoms with Gasteiger partial charge < -0.3 is 19.9 Å². The first-order valence-corrected chi connectivity index (χ1v) is 10.1. The second-order valence-corrected chi connectivity index (χ2v) is 8.84. The van der Waals surface area contributed by atoms with Gasteiger partial charge in [-0.2, -0.15) is 13.2 Å². The summed E-state index contributed by atoms with van der Waals surface area (Å²) in [4.78, 5) is 13.1. The maximum absolute atomic E-state index is 12.8.